The molecule has 0 aliphatic heterocycles. The van der Waals surface area contributed by atoms with E-state index in [1.807, 2.05) is 25.1 Å². The van der Waals surface area contributed by atoms with Crippen LogP contribution in [-0.2, 0) is 4.79 Å². The Morgan fingerprint density at radius 2 is 2.00 bits per heavy atom. The van der Waals surface area contributed by atoms with Gasteiger partial charge >= 0.3 is 0 Å². The van der Waals surface area contributed by atoms with Gasteiger partial charge < -0.3 is 19.9 Å². The van der Waals surface area contributed by atoms with Gasteiger partial charge in [-0.1, -0.05) is 18.6 Å². The molecule has 5 heteroatoms. The van der Waals surface area contributed by atoms with Crippen LogP contribution in [0.2, 0.25) is 0 Å². The maximum Gasteiger partial charge on any atom is 0.258 e. The lowest BCUT2D eigenvalue weighted by Crippen LogP contribution is -2.41. The third-order valence-corrected chi connectivity index (χ3v) is 3.75. The van der Waals surface area contributed by atoms with E-state index in [4.69, 9.17) is 9.47 Å². The number of benzene rings is 1. The highest BCUT2D eigenvalue weighted by Gasteiger charge is 2.27. The monoisotopic (exact) mass is 293 g/mol. The molecule has 0 aromatic heterocycles. The number of ether oxygens (including phenoxy) is 2. The van der Waals surface area contributed by atoms with E-state index in [0.717, 1.165) is 19.3 Å². The Labute approximate surface area is 125 Å². The summed E-state index contributed by atoms with van der Waals surface area (Å²) in [6, 6.07) is 7.37. The Balaban J connectivity index is 1.84. The summed E-state index contributed by atoms with van der Waals surface area (Å²) in [5.74, 6) is 1.22. The van der Waals surface area contributed by atoms with E-state index in [-0.39, 0.29) is 31.1 Å². The third kappa shape index (κ3) is 4.36. The van der Waals surface area contributed by atoms with Crippen LogP contribution in [0, 0.1) is 5.92 Å². The van der Waals surface area contributed by atoms with Gasteiger partial charge in [0.25, 0.3) is 5.91 Å². The number of nitrogens with one attached hydrogen (secondary N) is 1. The van der Waals surface area contributed by atoms with Gasteiger partial charge in [-0.05, 0) is 31.9 Å². The normalized spacial score (nSPS) is 21.0. The molecule has 1 fully saturated rings. The molecule has 0 saturated heterocycles. The van der Waals surface area contributed by atoms with Crippen molar-refractivity contribution in [3.63, 3.8) is 0 Å². The second-order valence-corrected chi connectivity index (χ2v) is 5.22. The maximum atomic E-state index is 11.9. The Kier molecular flexibility index (Phi) is 5.87. The van der Waals surface area contributed by atoms with Crippen molar-refractivity contribution in [2.75, 3.05) is 19.8 Å². The van der Waals surface area contributed by atoms with Crippen LogP contribution < -0.4 is 14.8 Å². The average Bonchev–Trinajstić information content (AvgIpc) is 2.94. The minimum absolute atomic E-state index is 0.0429. The Hall–Kier alpha value is -1.75. The van der Waals surface area contributed by atoms with Crippen molar-refractivity contribution in [3.8, 4) is 11.5 Å². The summed E-state index contributed by atoms with van der Waals surface area (Å²) >= 11 is 0. The standard InChI is InChI=1S/C16H23NO4/c1-2-20-14-8-3-4-9-15(14)21-11-16(19)17-13-7-5-6-12(13)10-18/h3-4,8-9,12-13,18H,2,5-7,10-11H2,1H3,(H,17,19). The van der Waals surface area contributed by atoms with Crippen LogP contribution in [0.25, 0.3) is 0 Å². The lowest BCUT2D eigenvalue weighted by atomic mass is 10.1. The third-order valence-electron chi connectivity index (χ3n) is 3.75. The zero-order valence-electron chi connectivity index (χ0n) is 12.4. The molecule has 2 rings (SSSR count). The van der Waals surface area contributed by atoms with Crippen molar-refractivity contribution < 1.29 is 19.4 Å². The molecule has 2 N–H and O–H groups in total. The van der Waals surface area contributed by atoms with Crippen molar-refractivity contribution in [1.82, 2.24) is 5.32 Å². The predicted octanol–water partition coefficient (Wildman–Crippen LogP) is 1.74. The topological polar surface area (TPSA) is 67.8 Å². The molecule has 0 radical (unpaired) electrons. The highest BCUT2D eigenvalue weighted by atomic mass is 16.5. The summed E-state index contributed by atoms with van der Waals surface area (Å²) in [5, 5.41) is 12.2. The van der Waals surface area contributed by atoms with Gasteiger partial charge in [-0.3, -0.25) is 4.79 Å². The van der Waals surface area contributed by atoms with E-state index in [2.05, 4.69) is 5.32 Å². The number of carbonyl (C=O) groups is 1. The van der Waals surface area contributed by atoms with Gasteiger partial charge in [0.15, 0.2) is 18.1 Å². The van der Waals surface area contributed by atoms with Crippen molar-refractivity contribution in [3.05, 3.63) is 24.3 Å². The Bertz CT molecular complexity index is 463. The van der Waals surface area contributed by atoms with E-state index < -0.39 is 0 Å². The average molecular weight is 293 g/mol. The van der Waals surface area contributed by atoms with Gasteiger partial charge in [0.2, 0.25) is 0 Å². The molecule has 1 aliphatic rings. The van der Waals surface area contributed by atoms with Crippen molar-refractivity contribution >= 4 is 5.91 Å². The minimum atomic E-state index is -0.161. The van der Waals surface area contributed by atoms with Gasteiger partial charge in [0.1, 0.15) is 0 Å². The number of aliphatic hydroxyl groups excluding tert-OH is 1. The number of amides is 1. The quantitative estimate of drug-likeness (QED) is 0.803. The molecule has 1 amide bonds. The fraction of sp³-hybridized carbons (Fsp3) is 0.562. The molecule has 21 heavy (non-hydrogen) atoms. The fourth-order valence-corrected chi connectivity index (χ4v) is 2.68. The molecule has 116 valence electrons. The number of aliphatic hydroxyl groups is 1. The first-order valence-corrected chi connectivity index (χ1v) is 7.49. The molecule has 0 spiro atoms. The van der Waals surface area contributed by atoms with E-state index in [9.17, 15) is 9.90 Å². The highest BCUT2D eigenvalue weighted by molar-refractivity contribution is 5.78. The summed E-state index contributed by atoms with van der Waals surface area (Å²) < 4.78 is 11.0. The first-order valence-electron chi connectivity index (χ1n) is 7.49. The largest absolute Gasteiger partial charge is 0.490 e. The maximum absolute atomic E-state index is 11.9. The molecule has 0 bridgehead atoms. The number of rotatable bonds is 7. The van der Waals surface area contributed by atoms with Crippen LogP contribution in [0.1, 0.15) is 26.2 Å². The van der Waals surface area contributed by atoms with Crippen LogP contribution in [0.3, 0.4) is 0 Å². The fourth-order valence-electron chi connectivity index (χ4n) is 2.68. The molecule has 0 heterocycles. The van der Waals surface area contributed by atoms with E-state index in [0.29, 0.717) is 18.1 Å². The lowest BCUT2D eigenvalue weighted by molar-refractivity contribution is -0.124. The highest BCUT2D eigenvalue weighted by Crippen LogP contribution is 2.27. The molecule has 1 aromatic rings. The summed E-state index contributed by atoms with van der Waals surface area (Å²) in [6.45, 7) is 2.53. The number of carbonyl (C=O) groups excluding carboxylic acids is 1. The number of hydrogen-bond acceptors (Lipinski definition) is 4. The van der Waals surface area contributed by atoms with Gasteiger partial charge in [0, 0.05) is 18.6 Å². The lowest BCUT2D eigenvalue weighted by Gasteiger charge is -2.19. The van der Waals surface area contributed by atoms with E-state index in [1.54, 1.807) is 6.07 Å². The van der Waals surface area contributed by atoms with Crippen molar-refractivity contribution in [2.45, 2.75) is 32.2 Å². The van der Waals surface area contributed by atoms with Crippen LogP contribution in [0.15, 0.2) is 24.3 Å². The van der Waals surface area contributed by atoms with E-state index in [1.165, 1.54) is 0 Å². The van der Waals surface area contributed by atoms with Crippen molar-refractivity contribution in [1.29, 1.82) is 0 Å². The zero-order chi connectivity index (χ0) is 15.1. The molecule has 2 atom stereocenters. The molecule has 2 unspecified atom stereocenters. The molecular weight excluding hydrogens is 270 g/mol. The van der Waals surface area contributed by atoms with Gasteiger partial charge in [0.05, 0.1) is 6.61 Å². The number of hydrogen-bond donors (Lipinski definition) is 2. The number of para-hydroxylation sites is 2. The Morgan fingerprint density at radius 3 is 2.67 bits per heavy atom. The minimum Gasteiger partial charge on any atom is -0.490 e. The predicted molar refractivity (Wildman–Crippen MR) is 79.5 cm³/mol. The Morgan fingerprint density at radius 1 is 1.29 bits per heavy atom. The first-order chi connectivity index (χ1) is 10.2. The first kappa shape index (κ1) is 15.6. The molecule has 5 nitrogen and oxygen atoms in total. The van der Waals surface area contributed by atoms with Gasteiger partial charge in [-0.25, -0.2) is 0 Å². The van der Waals surface area contributed by atoms with Crippen LogP contribution in [-0.4, -0.2) is 36.9 Å². The summed E-state index contributed by atoms with van der Waals surface area (Å²) in [6.07, 6.45) is 2.94. The van der Waals surface area contributed by atoms with Gasteiger partial charge in [-0.15, -0.1) is 0 Å². The van der Waals surface area contributed by atoms with Crippen molar-refractivity contribution in [2.24, 2.45) is 5.92 Å². The zero-order valence-corrected chi connectivity index (χ0v) is 12.4. The second kappa shape index (κ2) is 7.88. The molecule has 1 saturated carbocycles. The van der Waals surface area contributed by atoms with Gasteiger partial charge in [-0.2, -0.15) is 0 Å². The van der Waals surface area contributed by atoms with Crippen LogP contribution >= 0.6 is 0 Å². The molecule has 1 aromatic carbocycles. The molecule has 1 aliphatic carbocycles. The molecular formula is C16H23NO4. The van der Waals surface area contributed by atoms with Crippen LogP contribution in [0.5, 0.6) is 11.5 Å². The van der Waals surface area contributed by atoms with Crippen LogP contribution in [0.4, 0.5) is 0 Å². The second-order valence-electron chi connectivity index (χ2n) is 5.22. The smallest absolute Gasteiger partial charge is 0.258 e. The summed E-state index contributed by atoms with van der Waals surface area (Å²) in [4.78, 5) is 11.9. The summed E-state index contributed by atoms with van der Waals surface area (Å²) in [5.41, 5.74) is 0. The van der Waals surface area contributed by atoms with E-state index >= 15 is 0 Å². The summed E-state index contributed by atoms with van der Waals surface area (Å²) in [7, 11) is 0. The SMILES string of the molecule is CCOc1ccccc1OCC(=O)NC1CCCC1CO.